The van der Waals surface area contributed by atoms with Gasteiger partial charge in [-0.05, 0) is 11.8 Å². The Morgan fingerprint density at radius 1 is 0.882 bits per heavy atom. The van der Waals surface area contributed by atoms with E-state index in [1.807, 2.05) is 4.98 Å². The largest absolute Gasteiger partial charge is 0.447 e. The first-order chi connectivity index (χ1) is 7.49. The summed E-state index contributed by atoms with van der Waals surface area (Å²) in [7, 11) is 0. The van der Waals surface area contributed by atoms with Gasteiger partial charge >= 0.3 is 11.0 Å². The van der Waals surface area contributed by atoms with E-state index < -0.39 is 54.6 Å². The summed E-state index contributed by atoms with van der Waals surface area (Å²) in [6, 6.07) is 0. The van der Waals surface area contributed by atoms with Crippen LogP contribution in [0, 0.1) is 0 Å². The van der Waals surface area contributed by atoms with Gasteiger partial charge in [0.25, 0.3) is 0 Å². The molecule has 0 atom stereocenters. The second-order valence-corrected chi connectivity index (χ2v) is 5.41. The van der Waals surface area contributed by atoms with Gasteiger partial charge in [0.15, 0.2) is 0 Å². The topological polar surface area (TPSA) is 15.8 Å². The van der Waals surface area contributed by atoms with Crippen LogP contribution in [-0.2, 0) is 0 Å². The molecule has 98 valence electrons. The quantitative estimate of drug-likeness (QED) is 0.563. The van der Waals surface area contributed by atoms with Gasteiger partial charge in [0.05, 0.1) is 9.92 Å². The Bertz CT molecular complexity index is 412. The van der Waals surface area contributed by atoms with Crippen LogP contribution in [-0.4, -0.2) is 16.0 Å². The highest BCUT2D eigenvalue weighted by atomic mass is 35.5. The molecule has 1 aromatic heterocycles. The van der Waals surface area contributed by atoms with E-state index in [0.717, 1.165) is 0 Å². The maximum absolute atomic E-state index is 12.1. The van der Waals surface area contributed by atoms with Crippen molar-refractivity contribution in [3.8, 4) is 0 Å². The molecule has 0 aliphatic rings. The van der Waals surface area contributed by atoms with Gasteiger partial charge in [-0.2, -0.15) is 26.3 Å². The average Bonchev–Trinajstić information content (AvgIpc) is 2.27. The summed E-state index contributed by atoms with van der Waals surface area (Å²) in [5.74, 6) is 0. The molecule has 0 saturated heterocycles. The lowest BCUT2D eigenvalue weighted by molar-refractivity contribution is -0.0336. The van der Waals surface area contributed by atoms with E-state index in [1.165, 1.54) is 0 Å². The number of nitrogens with one attached hydrogen (secondary N) is 1. The van der Waals surface area contributed by atoms with Gasteiger partial charge in [-0.25, -0.2) is 0 Å². The number of thioether (sulfide) groups is 2. The van der Waals surface area contributed by atoms with Crippen molar-refractivity contribution >= 4 is 46.7 Å². The standard InChI is InChI=1S/C6HCl2F6NS2/c7-1-2(16-5(9,10)11)3(8)15-4(1)17-6(12,13)14/h15H. The zero-order valence-corrected chi connectivity index (χ0v) is 10.5. The first-order valence-electron chi connectivity index (χ1n) is 3.58. The lowest BCUT2D eigenvalue weighted by Crippen LogP contribution is -1.99. The van der Waals surface area contributed by atoms with Gasteiger partial charge in [0.2, 0.25) is 0 Å². The highest BCUT2D eigenvalue weighted by Crippen LogP contribution is 2.49. The molecule has 0 aliphatic heterocycles. The molecule has 1 N–H and O–H groups in total. The lowest BCUT2D eigenvalue weighted by atomic mass is 10.6. The number of hydrogen-bond donors (Lipinski definition) is 1. The number of H-pyrrole nitrogens is 1. The molecule has 1 rings (SSSR count). The summed E-state index contributed by atoms with van der Waals surface area (Å²) >= 11 is 9.39. The van der Waals surface area contributed by atoms with Crippen LogP contribution in [0.25, 0.3) is 0 Å². The molecule has 1 aromatic rings. The number of aromatic nitrogens is 1. The van der Waals surface area contributed by atoms with Crippen LogP contribution in [0.3, 0.4) is 0 Å². The van der Waals surface area contributed by atoms with Crippen molar-refractivity contribution in [2.75, 3.05) is 0 Å². The molecule has 11 heteroatoms. The number of halogens is 8. The molecule has 0 aromatic carbocycles. The summed E-state index contributed by atoms with van der Waals surface area (Å²) in [5, 5.41) is -1.94. The van der Waals surface area contributed by atoms with Crippen molar-refractivity contribution < 1.29 is 26.3 Å². The molecule has 0 saturated carbocycles. The normalized spacial score (nSPS) is 13.2. The van der Waals surface area contributed by atoms with Crippen molar-refractivity contribution in [2.24, 2.45) is 0 Å². The summed E-state index contributed by atoms with van der Waals surface area (Å²) in [6.07, 6.45) is 0. The number of rotatable bonds is 2. The Morgan fingerprint density at radius 2 is 1.35 bits per heavy atom. The van der Waals surface area contributed by atoms with Crippen molar-refractivity contribution in [3.63, 3.8) is 0 Å². The minimum Gasteiger partial charge on any atom is -0.338 e. The molecular formula is C6HCl2F6NS2. The van der Waals surface area contributed by atoms with E-state index in [4.69, 9.17) is 23.2 Å². The molecule has 1 heterocycles. The van der Waals surface area contributed by atoms with E-state index in [0.29, 0.717) is 0 Å². The summed E-state index contributed by atoms with van der Waals surface area (Å²) in [4.78, 5) is 1.27. The van der Waals surface area contributed by atoms with E-state index >= 15 is 0 Å². The Balaban J connectivity index is 3.02. The van der Waals surface area contributed by atoms with Crippen LogP contribution in [0.1, 0.15) is 0 Å². The van der Waals surface area contributed by atoms with Gasteiger partial charge in [0.1, 0.15) is 10.2 Å². The van der Waals surface area contributed by atoms with Gasteiger partial charge in [-0.15, -0.1) is 0 Å². The Hall–Kier alpha value is 0.140. The number of alkyl halides is 6. The van der Waals surface area contributed by atoms with E-state index in [2.05, 4.69) is 0 Å². The third kappa shape index (κ3) is 4.72. The van der Waals surface area contributed by atoms with Crippen molar-refractivity contribution in [2.45, 2.75) is 20.9 Å². The van der Waals surface area contributed by atoms with Crippen molar-refractivity contribution in [1.29, 1.82) is 0 Å². The van der Waals surface area contributed by atoms with Gasteiger partial charge in [0, 0.05) is 11.8 Å². The minimum absolute atomic E-state index is 0.580. The Morgan fingerprint density at radius 3 is 1.76 bits per heavy atom. The van der Waals surface area contributed by atoms with Crippen LogP contribution in [0.5, 0.6) is 0 Å². The monoisotopic (exact) mass is 335 g/mol. The Kier molecular flexibility index (Phi) is 4.49. The number of aromatic amines is 1. The highest BCUT2D eigenvalue weighted by Gasteiger charge is 2.36. The molecule has 0 bridgehead atoms. The maximum atomic E-state index is 12.1. The minimum atomic E-state index is -4.68. The fourth-order valence-corrected chi connectivity index (χ4v) is 2.79. The molecule has 0 aliphatic carbocycles. The number of hydrogen-bond acceptors (Lipinski definition) is 2. The van der Waals surface area contributed by atoms with Crippen molar-refractivity contribution in [3.05, 3.63) is 10.2 Å². The van der Waals surface area contributed by atoms with E-state index in [1.54, 1.807) is 0 Å². The zero-order valence-electron chi connectivity index (χ0n) is 7.34. The molecule has 0 spiro atoms. The third-order valence-corrected chi connectivity index (χ3v) is 3.84. The first kappa shape index (κ1) is 15.2. The molecule has 0 amide bonds. The fourth-order valence-electron chi connectivity index (χ4n) is 0.802. The predicted octanol–water partition coefficient (Wildman–Crippen LogP) is 5.55. The molecular weight excluding hydrogens is 335 g/mol. The first-order valence-corrected chi connectivity index (χ1v) is 5.97. The van der Waals surface area contributed by atoms with Crippen LogP contribution in [0.15, 0.2) is 9.92 Å². The molecule has 0 radical (unpaired) electrons. The van der Waals surface area contributed by atoms with Crippen LogP contribution in [0.4, 0.5) is 26.3 Å². The fraction of sp³-hybridized carbons (Fsp3) is 0.333. The predicted molar refractivity (Wildman–Crippen MR) is 54.6 cm³/mol. The SMILES string of the molecule is FC(F)(F)Sc1[nH]c(Cl)c(SC(F)(F)F)c1Cl. The zero-order chi connectivity index (χ0) is 13.4. The van der Waals surface area contributed by atoms with E-state index in [9.17, 15) is 26.3 Å². The smallest absolute Gasteiger partial charge is 0.338 e. The second kappa shape index (κ2) is 5.02. The molecule has 1 nitrogen and oxygen atoms in total. The van der Waals surface area contributed by atoms with Gasteiger partial charge in [-0.1, -0.05) is 23.2 Å². The van der Waals surface area contributed by atoms with Crippen LogP contribution in [0.2, 0.25) is 10.2 Å². The van der Waals surface area contributed by atoms with Gasteiger partial charge < -0.3 is 4.98 Å². The molecule has 17 heavy (non-hydrogen) atoms. The Labute approximate surface area is 109 Å². The lowest BCUT2D eigenvalue weighted by Gasteiger charge is -2.05. The summed E-state index contributed by atoms with van der Waals surface area (Å²) < 4.78 is 72.2. The van der Waals surface area contributed by atoms with Gasteiger partial charge in [-0.3, -0.25) is 0 Å². The third-order valence-electron chi connectivity index (χ3n) is 1.26. The summed E-state index contributed by atoms with van der Waals surface area (Å²) in [5.41, 5.74) is -9.35. The average molecular weight is 336 g/mol. The second-order valence-electron chi connectivity index (χ2n) is 2.51. The highest BCUT2D eigenvalue weighted by molar-refractivity contribution is 8.01. The van der Waals surface area contributed by atoms with Crippen molar-refractivity contribution in [1.82, 2.24) is 4.98 Å². The summed E-state index contributed by atoms with van der Waals surface area (Å²) in [6.45, 7) is 0. The molecule has 0 fully saturated rings. The maximum Gasteiger partial charge on any atom is 0.447 e. The molecule has 0 unspecified atom stereocenters. The van der Waals surface area contributed by atoms with Crippen LogP contribution >= 0.6 is 46.7 Å². The van der Waals surface area contributed by atoms with E-state index in [-0.39, 0.29) is 0 Å². The van der Waals surface area contributed by atoms with Crippen LogP contribution < -0.4 is 0 Å².